The van der Waals surface area contributed by atoms with Gasteiger partial charge in [-0.05, 0) is 35.9 Å². The fraction of sp³-hybridized carbons (Fsp3) is 0.0526. The monoisotopic (exact) mass is 400 g/mol. The summed E-state index contributed by atoms with van der Waals surface area (Å²) in [4.78, 5) is 33.3. The highest BCUT2D eigenvalue weighted by Crippen LogP contribution is 2.18. The third-order valence-corrected chi connectivity index (χ3v) is 4.38. The molecule has 3 heterocycles. The zero-order valence-corrected chi connectivity index (χ0v) is 14.9. The molecule has 2 aliphatic heterocycles. The maximum Gasteiger partial charge on any atom is 0.357 e. The maximum absolute atomic E-state index is 14.1. The summed E-state index contributed by atoms with van der Waals surface area (Å²) in [5.74, 6) is -1.70. The zero-order chi connectivity index (χ0) is 19.8. The molecule has 9 heteroatoms. The van der Waals surface area contributed by atoms with E-state index in [2.05, 4.69) is 9.97 Å². The Kier molecular flexibility index (Phi) is 4.48. The largest absolute Gasteiger partial charge is 0.357 e. The van der Waals surface area contributed by atoms with Gasteiger partial charge in [-0.2, -0.15) is 4.98 Å². The van der Waals surface area contributed by atoms with E-state index in [0.717, 1.165) is 17.7 Å². The van der Waals surface area contributed by atoms with Crippen LogP contribution in [0.3, 0.4) is 0 Å². The fourth-order valence-electron chi connectivity index (χ4n) is 2.88. The third-order valence-electron chi connectivity index (χ3n) is 4.16. The van der Waals surface area contributed by atoms with Crippen LogP contribution in [0.4, 0.5) is 8.78 Å². The van der Waals surface area contributed by atoms with Crippen LogP contribution in [0.1, 0.15) is 5.56 Å². The standard InChI is InChI=1S/C19H11ClF2N4O2/c20-16-6-3-11(9-23-16)10-25-7-1-2-13-17(25)24-19(28)26(18(13)27)15-5-4-12(21)8-14(15)22/h1-9H,10H2. The van der Waals surface area contributed by atoms with Crippen LogP contribution in [0.25, 0.3) is 17.1 Å². The van der Waals surface area contributed by atoms with Gasteiger partial charge in [-0.15, -0.1) is 0 Å². The molecule has 6 nitrogen and oxygen atoms in total. The fourth-order valence-corrected chi connectivity index (χ4v) is 2.99. The minimum atomic E-state index is -1.03. The number of hydrogen-bond acceptors (Lipinski definition) is 4. The molecule has 2 aliphatic rings. The lowest BCUT2D eigenvalue weighted by Gasteiger charge is -2.15. The van der Waals surface area contributed by atoms with Gasteiger partial charge in [0.15, 0.2) is 5.82 Å². The lowest BCUT2D eigenvalue weighted by atomic mass is 10.2. The van der Waals surface area contributed by atoms with Crippen molar-refractivity contribution in [2.45, 2.75) is 6.54 Å². The van der Waals surface area contributed by atoms with Gasteiger partial charge in [0.1, 0.15) is 16.8 Å². The van der Waals surface area contributed by atoms with Gasteiger partial charge in [0.25, 0.3) is 5.56 Å². The summed E-state index contributed by atoms with van der Waals surface area (Å²) >= 11 is 5.78. The molecule has 0 bridgehead atoms. The van der Waals surface area contributed by atoms with Crippen molar-refractivity contribution in [2.24, 2.45) is 0 Å². The molecule has 28 heavy (non-hydrogen) atoms. The number of halogens is 3. The van der Waals surface area contributed by atoms with Crippen molar-refractivity contribution in [2.75, 3.05) is 0 Å². The highest BCUT2D eigenvalue weighted by atomic mass is 35.5. The SMILES string of the molecule is O=c1nc2n(Cc3ccc(Cl)nc3)cccc-2c(=O)n1-c1ccc(F)cc1F. The van der Waals surface area contributed by atoms with E-state index in [-0.39, 0.29) is 17.1 Å². The van der Waals surface area contributed by atoms with Crippen molar-refractivity contribution in [3.63, 3.8) is 0 Å². The first-order chi connectivity index (χ1) is 13.4. The smallest absolute Gasteiger partial charge is 0.328 e. The van der Waals surface area contributed by atoms with E-state index >= 15 is 0 Å². The summed E-state index contributed by atoms with van der Waals surface area (Å²) in [5.41, 5.74) is -1.16. The Labute approximate surface area is 161 Å². The predicted octanol–water partition coefficient (Wildman–Crippen LogP) is 2.87. The molecule has 0 unspecified atom stereocenters. The average molecular weight is 401 g/mol. The van der Waals surface area contributed by atoms with Crippen LogP contribution >= 0.6 is 11.6 Å². The van der Waals surface area contributed by atoms with Crippen LogP contribution < -0.4 is 11.2 Å². The van der Waals surface area contributed by atoms with Crippen LogP contribution in [0.2, 0.25) is 5.15 Å². The number of rotatable bonds is 3. The van der Waals surface area contributed by atoms with Crippen molar-refractivity contribution in [3.8, 4) is 17.1 Å². The second kappa shape index (κ2) is 6.97. The number of fused-ring (bicyclic) bond motifs is 1. The summed E-state index contributed by atoms with van der Waals surface area (Å²) in [6, 6.07) is 9.08. The lowest BCUT2D eigenvalue weighted by molar-refractivity contribution is 0.574. The van der Waals surface area contributed by atoms with E-state index in [1.165, 1.54) is 6.07 Å². The van der Waals surface area contributed by atoms with Gasteiger partial charge in [0.2, 0.25) is 0 Å². The van der Waals surface area contributed by atoms with Gasteiger partial charge < -0.3 is 4.57 Å². The first-order valence-corrected chi connectivity index (χ1v) is 8.50. The van der Waals surface area contributed by atoms with E-state index < -0.39 is 22.9 Å². The van der Waals surface area contributed by atoms with Crippen LogP contribution in [0, 0.1) is 11.6 Å². The minimum Gasteiger partial charge on any atom is -0.328 e. The Morgan fingerprint density at radius 1 is 1.07 bits per heavy atom. The lowest BCUT2D eigenvalue weighted by Crippen LogP contribution is -2.37. The van der Waals surface area contributed by atoms with Crippen molar-refractivity contribution in [1.82, 2.24) is 19.1 Å². The molecule has 0 atom stereocenters. The molecule has 1 aromatic heterocycles. The minimum absolute atomic E-state index is 0.118. The van der Waals surface area contributed by atoms with Gasteiger partial charge in [0.05, 0.1) is 17.8 Å². The van der Waals surface area contributed by atoms with E-state index in [0.29, 0.717) is 22.3 Å². The molecule has 2 aromatic rings. The second-order valence-corrected chi connectivity index (χ2v) is 6.38. The number of nitrogens with zero attached hydrogens (tertiary/aromatic N) is 4. The topological polar surface area (TPSA) is 69.8 Å². The highest BCUT2D eigenvalue weighted by Gasteiger charge is 2.20. The Hall–Kier alpha value is -3.39. The summed E-state index contributed by atoms with van der Waals surface area (Å²) in [7, 11) is 0. The summed E-state index contributed by atoms with van der Waals surface area (Å²) in [5, 5.41) is 0.343. The summed E-state index contributed by atoms with van der Waals surface area (Å²) < 4.78 is 29.5. The molecule has 0 saturated carbocycles. The van der Waals surface area contributed by atoms with E-state index in [1.54, 1.807) is 35.2 Å². The molecule has 0 spiro atoms. The van der Waals surface area contributed by atoms with Crippen molar-refractivity contribution < 1.29 is 8.78 Å². The number of hydrogen-bond donors (Lipinski definition) is 0. The van der Waals surface area contributed by atoms with Gasteiger partial charge in [0, 0.05) is 18.5 Å². The predicted molar refractivity (Wildman–Crippen MR) is 99.0 cm³/mol. The Bertz CT molecular complexity index is 1270. The number of aromatic nitrogens is 4. The molecule has 1 aromatic carbocycles. The Morgan fingerprint density at radius 2 is 1.89 bits per heavy atom. The third kappa shape index (κ3) is 3.18. The normalized spacial score (nSPS) is 11.1. The van der Waals surface area contributed by atoms with Gasteiger partial charge in [-0.1, -0.05) is 17.7 Å². The molecule has 0 saturated heterocycles. The van der Waals surface area contributed by atoms with Crippen LogP contribution in [0.5, 0.6) is 0 Å². The van der Waals surface area contributed by atoms with Crippen molar-refractivity contribution in [3.05, 3.63) is 98.0 Å². The number of benzene rings is 1. The van der Waals surface area contributed by atoms with Gasteiger partial charge >= 0.3 is 5.69 Å². The molecule has 0 radical (unpaired) electrons. The molecular formula is C19H11ClF2N4O2. The molecule has 4 rings (SSSR count). The van der Waals surface area contributed by atoms with Crippen molar-refractivity contribution in [1.29, 1.82) is 0 Å². The molecule has 0 fully saturated rings. The molecule has 0 N–H and O–H groups in total. The van der Waals surface area contributed by atoms with E-state index in [4.69, 9.17) is 11.6 Å². The molecule has 0 amide bonds. The summed E-state index contributed by atoms with van der Waals surface area (Å²) in [6.45, 7) is 0.294. The highest BCUT2D eigenvalue weighted by molar-refractivity contribution is 6.29. The quantitative estimate of drug-likeness (QED) is 0.496. The maximum atomic E-state index is 14.1. The van der Waals surface area contributed by atoms with Crippen molar-refractivity contribution >= 4 is 11.6 Å². The first kappa shape index (κ1) is 18.0. The second-order valence-electron chi connectivity index (χ2n) is 5.99. The summed E-state index contributed by atoms with van der Waals surface area (Å²) in [6.07, 6.45) is 3.23. The van der Waals surface area contributed by atoms with E-state index in [9.17, 15) is 18.4 Å². The van der Waals surface area contributed by atoms with Crippen LogP contribution in [-0.4, -0.2) is 19.1 Å². The Morgan fingerprint density at radius 3 is 2.61 bits per heavy atom. The number of pyridine rings is 2. The molecule has 0 aliphatic carbocycles. The first-order valence-electron chi connectivity index (χ1n) is 8.12. The van der Waals surface area contributed by atoms with Gasteiger partial charge in [-0.25, -0.2) is 23.1 Å². The van der Waals surface area contributed by atoms with E-state index in [1.807, 2.05) is 0 Å². The zero-order valence-electron chi connectivity index (χ0n) is 14.1. The average Bonchev–Trinajstić information content (AvgIpc) is 2.66. The van der Waals surface area contributed by atoms with Gasteiger partial charge in [-0.3, -0.25) is 4.79 Å². The molecular weight excluding hydrogens is 390 g/mol. The Balaban J connectivity index is 1.88. The molecule has 140 valence electrons. The van der Waals surface area contributed by atoms with Crippen LogP contribution in [-0.2, 0) is 6.54 Å². The van der Waals surface area contributed by atoms with Crippen LogP contribution in [0.15, 0.2) is 64.4 Å².